The van der Waals surface area contributed by atoms with Gasteiger partial charge in [0.25, 0.3) is 5.91 Å². The molecule has 1 amide bonds. The van der Waals surface area contributed by atoms with E-state index < -0.39 is 0 Å². The number of amides is 1. The molecule has 0 aliphatic carbocycles. The van der Waals surface area contributed by atoms with Gasteiger partial charge in [-0.2, -0.15) is 0 Å². The van der Waals surface area contributed by atoms with Crippen LogP contribution in [0.1, 0.15) is 40.6 Å². The Morgan fingerprint density at radius 1 is 1.39 bits per heavy atom. The van der Waals surface area contributed by atoms with Crippen molar-refractivity contribution in [3.8, 4) is 0 Å². The van der Waals surface area contributed by atoms with Gasteiger partial charge in [0, 0.05) is 11.0 Å². The molecule has 1 aromatic heterocycles. The second-order valence-corrected chi connectivity index (χ2v) is 6.58. The van der Waals surface area contributed by atoms with E-state index in [1.807, 2.05) is 35.9 Å². The zero-order chi connectivity index (χ0) is 16.2. The summed E-state index contributed by atoms with van der Waals surface area (Å²) < 4.78 is 2.88. The predicted molar refractivity (Wildman–Crippen MR) is 91.2 cm³/mol. The lowest BCUT2D eigenvalue weighted by Gasteiger charge is -2.23. The van der Waals surface area contributed by atoms with Crippen molar-refractivity contribution in [3.63, 3.8) is 0 Å². The largest absolute Gasteiger partial charge is 0.346 e. The van der Waals surface area contributed by atoms with Gasteiger partial charge in [0.1, 0.15) is 0 Å². The summed E-state index contributed by atoms with van der Waals surface area (Å²) in [6.07, 6.45) is 2.03. The van der Waals surface area contributed by atoms with Gasteiger partial charge in [-0.05, 0) is 44.5 Å². The van der Waals surface area contributed by atoms with Crippen LogP contribution in [0.5, 0.6) is 0 Å². The summed E-state index contributed by atoms with van der Waals surface area (Å²) in [5.74, 6) is -0.182. The van der Waals surface area contributed by atoms with Crippen LogP contribution in [0.15, 0.2) is 28.7 Å². The number of carbonyl (C=O) groups is 1. The molecule has 0 saturated carbocycles. The maximum atomic E-state index is 12.4. The highest BCUT2D eigenvalue weighted by Crippen LogP contribution is 2.20. The molecule has 6 nitrogen and oxygen atoms in total. The average Bonchev–Trinajstić information content (AvgIpc) is 2.96. The molecule has 0 bridgehead atoms. The third-order valence-electron chi connectivity index (χ3n) is 4.19. The first-order chi connectivity index (χ1) is 11.2. The Balaban J connectivity index is 1.68. The number of benzene rings is 1. The van der Waals surface area contributed by atoms with Crippen molar-refractivity contribution in [3.05, 3.63) is 45.7 Å². The summed E-state index contributed by atoms with van der Waals surface area (Å²) in [4.78, 5) is 12.4. The van der Waals surface area contributed by atoms with E-state index in [0.29, 0.717) is 18.3 Å². The molecule has 7 heteroatoms. The van der Waals surface area contributed by atoms with Crippen LogP contribution < -0.4 is 10.6 Å². The summed E-state index contributed by atoms with van der Waals surface area (Å²) in [5, 5.41) is 14.5. The molecule has 122 valence electrons. The fourth-order valence-electron chi connectivity index (χ4n) is 2.85. The Morgan fingerprint density at radius 3 is 2.87 bits per heavy atom. The predicted octanol–water partition coefficient (Wildman–Crippen LogP) is 2.20. The maximum absolute atomic E-state index is 12.4. The van der Waals surface area contributed by atoms with E-state index >= 15 is 0 Å². The molecule has 0 radical (unpaired) electrons. The lowest BCUT2D eigenvalue weighted by molar-refractivity contribution is 0.0945. The number of halogens is 1. The summed E-state index contributed by atoms with van der Waals surface area (Å²) in [6, 6.07) is 8.16. The molecule has 0 spiro atoms. The molecule has 0 atom stereocenters. The van der Waals surface area contributed by atoms with Crippen molar-refractivity contribution in [2.75, 3.05) is 13.1 Å². The molecule has 2 heterocycles. The molecule has 1 aromatic carbocycles. The number of hydrogen-bond acceptors (Lipinski definition) is 4. The van der Waals surface area contributed by atoms with Crippen LogP contribution in [-0.2, 0) is 6.54 Å². The number of carbonyl (C=O) groups excluding carboxylic acids is 1. The van der Waals surface area contributed by atoms with Crippen molar-refractivity contribution in [2.24, 2.45) is 0 Å². The van der Waals surface area contributed by atoms with Crippen LogP contribution in [0.3, 0.4) is 0 Å². The van der Waals surface area contributed by atoms with Crippen LogP contribution in [-0.4, -0.2) is 34.0 Å². The van der Waals surface area contributed by atoms with Crippen LogP contribution >= 0.6 is 15.9 Å². The molecular weight excluding hydrogens is 358 g/mol. The van der Waals surface area contributed by atoms with Gasteiger partial charge in [0.05, 0.1) is 11.7 Å². The van der Waals surface area contributed by atoms with Gasteiger partial charge in [-0.3, -0.25) is 4.79 Å². The first-order valence-electron chi connectivity index (χ1n) is 7.81. The summed E-state index contributed by atoms with van der Waals surface area (Å²) in [7, 11) is 0. The zero-order valence-electron chi connectivity index (χ0n) is 13.1. The molecule has 3 rings (SSSR count). The minimum Gasteiger partial charge on any atom is -0.346 e. The summed E-state index contributed by atoms with van der Waals surface area (Å²) in [6.45, 7) is 4.33. The zero-order valence-corrected chi connectivity index (χ0v) is 14.6. The van der Waals surface area contributed by atoms with E-state index in [4.69, 9.17) is 0 Å². The van der Waals surface area contributed by atoms with E-state index in [0.717, 1.165) is 41.7 Å². The standard InChI is InChI=1S/C16H20BrN5O/c1-11-15(20-21-22(11)13-6-8-18-9-7-13)16(23)19-10-12-4-2-3-5-14(12)17/h2-5,13,18H,6-10H2,1H3,(H,19,23). The first-order valence-corrected chi connectivity index (χ1v) is 8.60. The molecule has 0 unspecified atom stereocenters. The lowest BCUT2D eigenvalue weighted by atomic mass is 10.1. The van der Waals surface area contributed by atoms with Gasteiger partial charge in [-0.1, -0.05) is 39.3 Å². The molecule has 1 saturated heterocycles. The van der Waals surface area contributed by atoms with Gasteiger partial charge in [0.2, 0.25) is 0 Å². The topological polar surface area (TPSA) is 71.8 Å². The van der Waals surface area contributed by atoms with E-state index in [1.54, 1.807) is 0 Å². The monoisotopic (exact) mass is 377 g/mol. The third-order valence-corrected chi connectivity index (χ3v) is 4.97. The Bertz CT molecular complexity index is 694. The third kappa shape index (κ3) is 3.61. The highest BCUT2D eigenvalue weighted by molar-refractivity contribution is 9.10. The molecule has 23 heavy (non-hydrogen) atoms. The van der Waals surface area contributed by atoms with Crippen molar-refractivity contribution in [1.82, 2.24) is 25.6 Å². The lowest BCUT2D eigenvalue weighted by Crippen LogP contribution is -2.30. The summed E-state index contributed by atoms with van der Waals surface area (Å²) in [5.41, 5.74) is 2.28. The smallest absolute Gasteiger partial charge is 0.274 e. The Morgan fingerprint density at radius 2 is 2.13 bits per heavy atom. The van der Waals surface area contributed by atoms with Gasteiger partial charge < -0.3 is 10.6 Å². The Hall–Kier alpha value is -1.73. The normalized spacial score (nSPS) is 15.6. The first kappa shape index (κ1) is 16.1. The van der Waals surface area contributed by atoms with Crippen molar-refractivity contribution >= 4 is 21.8 Å². The second-order valence-electron chi connectivity index (χ2n) is 5.72. The molecule has 2 aromatic rings. The number of nitrogens with one attached hydrogen (secondary N) is 2. The SMILES string of the molecule is Cc1c(C(=O)NCc2ccccc2Br)nnn1C1CCNCC1. The van der Waals surface area contributed by atoms with Crippen molar-refractivity contribution in [2.45, 2.75) is 32.4 Å². The fourth-order valence-corrected chi connectivity index (χ4v) is 3.27. The van der Waals surface area contributed by atoms with Crippen LogP contribution in [0.4, 0.5) is 0 Å². The van der Waals surface area contributed by atoms with E-state index in [-0.39, 0.29) is 5.91 Å². The minimum atomic E-state index is -0.182. The van der Waals surface area contributed by atoms with Gasteiger partial charge >= 0.3 is 0 Å². The van der Waals surface area contributed by atoms with Crippen molar-refractivity contribution < 1.29 is 4.79 Å². The highest BCUT2D eigenvalue weighted by Gasteiger charge is 2.22. The molecular formula is C16H20BrN5O. The van der Waals surface area contributed by atoms with Gasteiger partial charge in [-0.15, -0.1) is 5.10 Å². The number of aromatic nitrogens is 3. The Labute approximate surface area is 143 Å². The highest BCUT2D eigenvalue weighted by atomic mass is 79.9. The van der Waals surface area contributed by atoms with E-state index in [2.05, 4.69) is 36.9 Å². The van der Waals surface area contributed by atoms with E-state index in [9.17, 15) is 4.79 Å². The summed E-state index contributed by atoms with van der Waals surface area (Å²) >= 11 is 3.48. The molecule has 1 fully saturated rings. The van der Waals surface area contributed by atoms with Crippen LogP contribution in [0.2, 0.25) is 0 Å². The van der Waals surface area contributed by atoms with Gasteiger partial charge in [-0.25, -0.2) is 4.68 Å². The second kappa shape index (κ2) is 7.23. The number of rotatable bonds is 4. The van der Waals surface area contributed by atoms with Crippen molar-refractivity contribution in [1.29, 1.82) is 0 Å². The molecule has 1 aliphatic rings. The number of hydrogen-bond donors (Lipinski definition) is 2. The Kier molecular flexibility index (Phi) is 5.07. The van der Waals surface area contributed by atoms with Gasteiger partial charge in [0.15, 0.2) is 5.69 Å². The van der Waals surface area contributed by atoms with Crippen LogP contribution in [0, 0.1) is 6.92 Å². The average molecular weight is 378 g/mol. The molecule has 2 N–H and O–H groups in total. The van der Waals surface area contributed by atoms with E-state index in [1.165, 1.54) is 0 Å². The maximum Gasteiger partial charge on any atom is 0.274 e. The molecule has 1 aliphatic heterocycles. The number of nitrogens with zero attached hydrogens (tertiary/aromatic N) is 3. The van der Waals surface area contributed by atoms with Crippen LogP contribution in [0.25, 0.3) is 0 Å². The number of piperidine rings is 1. The fraction of sp³-hybridized carbons (Fsp3) is 0.438. The minimum absolute atomic E-state index is 0.182. The quantitative estimate of drug-likeness (QED) is 0.856.